The summed E-state index contributed by atoms with van der Waals surface area (Å²) in [6, 6.07) is 13.5. The van der Waals surface area contributed by atoms with Crippen molar-refractivity contribution in [3.8, 4) is 0 Å². The molecule has 1 aromatic carbocycles. The minimum atomic E-state index is -0.428. The lowest BCUT2D eigenvalue weighted by molar-refractivity contribution is -0.135. The number of fused-ring (bicyclic) bond motifs is 1. The molecule has 0 saturated carbocycles. The Morgan fingerprint density at radius 3 is 2.62 bits per heavy atom. The summed E-state index contributed by atoms with van der Waals surface area (Å²) in [6.45, 7) is 1.84. The van der Waals surface area contributed by atoms with Gasteiger partial charge in [-0.1, -0.05) is 30.4 Å². The van der Waals surface area contributed by atoms with Crippen LogP contribution in [0.5, 0.6) is 0 Å². The van der Waals surface area contributed by atoms with E-state index in [1.807, 2.05) is 61.0 Å². The molecule has 3 aromatic rings. The van der Waals surface area contributed by atoms with Crippen LogP contribution in [0.25, 0.3) is 11.0 Å². The zero-order valence-electron chi connectivity index (χ0n) is 15.0. The third-order valence-electron chi connectivity index (χ3n) is 3.91. The molecule has 0 atom stereocenters. The van der Waals surface area contributed by atoms with E-state index in [9.17, 15) is 4.79 Å². The Balaban J connectivity index is 2.21. The van der Waals surface area contributed by atoms with Crippen LogP contribution in [0.3, 0.4) is 0 Å². The molecule has 0 bridgehead atoms. The SMILES string of the molecule is C/C=C\C(=C/N(c1ccccn1)c1nc2ccccc2n1C)C(=O)OC. The number of nitrogens with zero attached hydrogens (tertiary/aromatic N) is 4. The summed E-state index contributed by atoms with van der Waals surface area (Å²) in [7, 11) is 3.29. The van der Waals surface area contributed by atoms with E-state index in [1.165, 1.54) is 7.11 Å². The van der Waals surface area contributed by atoms with Gasteiger partial charge in [0.1, 0.15) is 5.82 Å². The Morgan fingerprint density at radius 2 is 1.96 bits per heavy atom. The van der Waals surface area contributed by atoms with Gasteiger partial charge in [0.05, 0.1) is 23.7 Å². The Hall–Kier alpha value is -3.41. The van der Waals surface area contributed by atoms with Crippen LogP contribution in [0, 0.1) is 0 Å². The van der Waals surface area contributed by atoms with Crippen molar-refractivity contribution in [2.45, 2.75) is 6.92 Å². The Bertz CT molecular complexity index is 974. The van der Waals surface area contributed by atoms with E-state index in [0.717, 1.165) is 11.0 Å². The predicted octanol–water partition coefficient (Wildman–Crippen LogP) is 3.74. The van der Waals surface area contributed by atoms with Crippen LogP contribution in [0.1, 0.15) is 6.92 Å². The average Bonchev–Trinajstić information content (AvgIpc) is 3.02. The van der Waals surface area contributed by atoms with Gasteiger partial charge in [0, 0.05) is 19.4 Å². The number of esters is 1. The number of rotatable bonds is 5. The van der Waals surface area contributed by atoms with Gasteiger partial charge in [0.25, 0.3) is 0 Å². The molecule has 0 radical (unpaired) electrons. The van der Waals surface area contributed by atoms with Crippen molar-refractivity contribution in [1.29, 1.82) is 0 Å². The van der Waals surface area contributed by atoms with E-state index in [4.69, 9.17) is 9.72 Å². The fourth-order valence-corrected chi connectivity index (χ4v) is 2.67. The molecule has 0 amide bonds. The van der Waals surface area contributed by atoms with Gasteiger partial charge < -0.3 is 9.30 Å². The Kier molecular flexibility index (Phi) is 5.12. The predicted molar refractivity (Wildman–Crippen MR) is 102 cm³/mol. The fraction of sp³-hybridized carbons (Fsp3) is 0.150. The lowest BCUT2D eigenvalue weighted by Gasteiger charge is -2.19. The zero-order chi connectivity index (χ0) is 18.5. The number of hydrogen-bond donors (Lipinski definition) is 0. The molecule has 6 nitrogen and oxygen atoms in total. The Labute approximate surface area is 152 Å². The molecule has 132 valence electrons. The second-order valence-electron chi connectivity index (χ2n) is 5.59. The molecule has 0 aliphatic carbocycles. The van der Waals surface area contributed by atoms with Crippen molar-refractivity contribution in [2.75, 3.05) is 12.0 Å². The second kappa shape index (κ2) is 7.65. The van der Waals surface area contributed by atoms with Crippen LogP contribution < -0.4 is 4.90 Å². The molecular formula is C20H20N4O2. The van der Waals surface area contributed by atoms with Crippen LogP contribution in [-0.4, -0.2) is 27.6 Å². The maximum Gasteiger partial charge on any atom is 0.339 e. The van der Waals surface area contributed by atoms with Gasteiger partial charge in [-0.3, -0.25) is 4.90 Å². The third kappa shape index (κ3) is 3.35. The molecule has 0 spiro atoms. The number of ether oxygens (including phenoxy) is 1. The van der Waals surface area contributed by atoms with E-state index < -0.39 is 5.97 Å². The van der Waals surface area contributed by atoms with E-state index in [2.05, 4.69) is 4.98 Å². The van der Waals surface area contributed by atoms with E-state index >= 15 is 0 Å². The van der Waals surface area contributed by atoms with Crippen LogP contribution in [0.4, 0.5) is 11.8 Å². The van der Waals surface area contributed by atoms with Crippen molar-refractivity contribution in [1.82, 2.24) is 14.5 Å². The van der Waals surface area contributed by atoms with Gasteiger partial charge in [-0.25, -0.2) is 14.8 Å². The number of anilines is 2. The molecule has 0 fully saturated rings. The van der Waals surface area contributed by atoms with Gasteiger partial charge in [-0.2, -0.15) is 0 Å². The van der Waals surface area contributed by atoms with Gasteiger partial charge in [-0.15, -0.1) is 0 Å². The Morgan fingerprint density at radius 1 is 1.19 bits per heavy atom. The number of para-hydroxylation sites is 2. The number of hydrogen-bond acceptors (Lipinski definition) is 5. The number of methoxy groups -OCH3 is 1. The summed E-state index contributed by atoms with van der Waals surface area (Å²) < 4.78 is 6.86. The summed E-state index contributed by atoms with van der Waals surface area (Å²) >= 11 is 0. The average molecular weight is 348 g/mol. The normalized spacial score (nSPS) is 11.9. The number of carbonyl (C=O) groups excluding carboxylic acids is 1. The summed E-state index contributed by atoms with van der Waals surface area (Å²) in [5.74, 6) is 0.871. The van der Waals surface area contributed by atoms with Gasteiger partial charge in [0.15, 0.2) is 0 Å². The summed E-state index contributed by atoms with van der Waals surface area (Å²) in [6.07, 6.45) is 6.88. The topological polar surface area (TPSA) is 60.2 Å². The second-order valence-corrected chi connectivity index (χ2v) is 5.59. The monoisotopic (exact) mass is 348 g/mol. The standard InChI is InChI=1S/C20H20N4O2/c1-4-9-15(19(25)26-3)14-24(18-12-7-8-13-21-18)20-22-16-10-5-6-11-17(16)23(20)2/h4-14H,1-3H3/b9-4-,15-14+. The van der Waals surface area contributed by atoms with Gasteiger partial charge in [0.2, 0.25) is 5.95 Å². The smallest absolute Gasteiger partial charge is 0.339 e. The molecule has 0 aliphatic heterocycles. The van der Waals surface area contributed by atoms with Crippen LogP contribution in [0.15, 0.2) is 72.6 Å². The van der Waals surface area contributed by atoms with Crippen molar-refractivity contribution in [2.24, 2.45) is 7.05 Å². The highest BCUT2D eigenvalue weighted by atomic mass is 16.5. The number of pyridine rings is 1. The minimum absolute atomic E-state index is 0.396. The lowest BCUT2D eigenvalue weighted by atomic mass is 10.2. The molecular weight excluding hydrogens is 328 g/mol. The number of benzene rings is 1. The molecule has 0 unspecified atom stereocenters. The molecule has 3 rings (SSSR count). The minimum Gasteiger partial charge on any atom is -0.465 e. The molecule has 2 aromatic heterocycles. The van der Waals surface area contributed by atoms with Gasteiger partial charge in [-0.05, 0) is 31.2 Å². The van der Waals surface area contributed by atoms with Crippen molar-refractivity contribution >= 4 is 28.8 Å². The molecule has 0 aliphatic rings. The molecule has 0 saturated heterocycles. The number of carbonyl (C=O) groups is 1. The molecule has 6 heteroatoms. The summed E-state index contributed by atoms with van der Waals surface area (Å²) in [5, 5.41) is 0. The highest BCUT2D eigenvalue weighted by molar-refractivity contribution is 5.92. The zero-order valence-corrected chi connectivity index (χ0v) is 15.0. The van der Waals surface area contributed by atoms with E-state index in [0.29, 0.717) is 17.3 Å². The van der Waals surface area contributed by atoms with Crippen molar-refractivity contribution < 1.29 is 9.53 Å². The van der Waals surface area contributed by atoms with Gasteiger partial charge >= 0.3 is 5.97 Å². The summed E-state index contributed by atoms with van der Waals surface area (Å²) in [4.78, 5) is 23.1. The van der Waals surface area contributed by atoms with Crippen LogP contribution >= 0.6 is 0 Å². The van der Waals surface area contributed by atoms with Crippen molar-refractivity contribution in [3.63, 3.8) is 0 Å². The maximum atomic E-state index is 12.1. The first-order valence-corrected chi connectivity index (χ1v) is 8.20. The fourth-order valence-electron chi connectivity index (χ4n) is 2.67. The molecule has 0 N–H and O–H groups in total. The number of allylic oxidation sites excluding steroid dienone is 1. The largest absolute Gasteiger partial charge is 0.465 e. The van der Waals surface area contributed by atoms with Crippen molar-refractivity contribution in [3.05, 3.63) is 72.6 Å². The molecule has 2 heterocycles. The maximum absolute atomic E-state index is 12.1. The quantitative estimate of drug-likeness (QED) is 0.399. The first kappa shape index (κ1) is 17.4. The molecule has 26 heavy (non-hydrogen) atoms. The first-order chi connectivity index (χ1) is 12.7. The lowest BCUT2D eigenvalue weighted by Crippen LogP contribution is -2.17. The number of aryl methyl sites for hydroxylation is 1. The van der Waals surface area contributed by atoms with Crippen LogP contribution in [-0.2, 0) is 16.6 Å². The highest BCUT2D eigenvalue weighted by Crippen LogP contribution is 2.27. The van der Waals surface area contributed by atoms with E-state index in [-0.39, 0.29) is 0 Å². The third-order valence-corrected chi connectivity index (χ3v) is 3.91. The van der Waals surface area contributed by atoms with E-state index in [1.54, 1.807) is 29.4 Å². The first-order valence-electron chi connectivity index (χ1n) is 8.20. The highest BCUT2D eigenvalue weighted by Gasteiger charge is 2.18. The summed E-state index contributed by atoms with van der Waals surface area (Å²) in [5.41, 5.74) is 2.25. The van der Waals surface area contributed by atoms with Crippen LogP contribution in [0.2, 0.25) is 0 Å². The number of imidazole rings is 1. The number of aromatic nitrogens is 3.